The maximum absolute atomic E-state index is 13.1. The molecule has 2 aromatic carbocycles. The van der Waals surface area contributed by atoms with E-state index in [9.17, 15) is 40.7 Å². The predicted molar refractivity (Wildman–Crippen MR) is 116 cm³/mol. The first-order valence-electron chi connectivity index (χ1n) is 10.00. The molecular weight excluding hydrogens is 514 g/mol. The molecule has 0 saturated carbocycles. The molecule has 37 heavy (non-hydrogen) atoms. The predicted octanol–water partition coefficient (Wildman–Crippen LogP) is 3.77. The van der Waals surface area contributed by atoms with Gasteiger partial charge in [-0.1, -0.05) is 29.1 Å². The second-order valence-electron chi connectivity index (χ2n) is 7.21. The van der Waals surface area contributed by atoms with Gasteiger partial charge in [-0.25, -0.2) is 9.59 Å². The number of carbonyl (C=O) groups is 3. The average molecular weight is 530 g/mol. The normalized spacial score (nSPS) is 11.5. The minimum Gasteiger partial charge on any atom is -0.378 e. The van der Waals surface area contributed by atoms with Crippen LogP contribution >= 0.6 is 0 Å². The number of nitrogens with two attached hydrogens (primary N) is 1. The third kappa shape index (κ3) is 7.12. The van der Waals surface area contributed by atoms with Crippen LogP contribution in [0.4, 0.5) is 48.2 Å². The van der Waals surface area contributed by atoms with E-state index in [0.29, 0.717) is 5.56 Å². The van der Waals surface area contributed by atoms with Gasteiger partial charge in [0.2, 0.25) is 0 Å². The molecule has 0 bridgehead atoms. The lowest BCUT2D eigenvalue weighted by atomic mass is 10.1. The second kappa shape index (κ2) is 10.5. The third-order valence-electron chi connectivity index (χ3n) is 4.48. The van der Waals surface area contributed by atoms with E-state index in [-0.39, 0.29) is 22.8 Å². The molecule has 16 heteroatoms. The summed E-state index contributed by atoms with van der Waals surface area (Å²) in [6, 6.07) is 9.39. The lowest BCUT2D eigenvalue weighted by molar-refractivity contribution is -0.201. The highest BCUT2D eigenvalue weighted by Gasteiger charge is 2.42. The number of halogens is 6. The zero-order chi connectivity index (χ0) is 27.4. The standard InChI is InChI=1S/C21H16F6N6O4/c22-20(23,24)13-6-1-2-7-14(13)31-19(36)30-12-5-3-4-11(8-12)9-29-15-10-33(32-16(15)17(28)34)37-18(35)21(25,26)27/h1-8,10,29H,9H2,(H2,28,34)(H2,30,31,36). The topological polar surface area (TPSA) is 140 Å². The summed E-state index contributed by atoms with van der Waals surface area (Å²) in [6.45, 7) is -0.0762. The molecule has 5 N–H and O–H groups in total. The van der Waals surface area contributed by atoms with Crippen molar-refractivity contribution in [2.45, 2.75) is 18.9 Å². The number of rotatable bonds is 7. The summed E-state index contributed by atoms with van der Waals surface area (Å²) in [7, 11) is 0. The minimum atomic E-state index is -5.30. The molecule has 0 aliphatic carbocycles. The third-order valence-corrected chi connectivity index (χ3v) is 4.48. The van der Waals surface area contributed by atoms with Gasteiger partial charge < -0.3 is 26.5 Å². The molecule has 10 nitrogen and oxygen atoms in total. The number of anilines is 3. The Morgan fingerprint density at radius 2 is 1.65 bits per heavy atom. The molecule has 1 heterocycles. The highest BCUT2D eigenvalue weighted by atomic mass is 19.4. The van der Waals surface area contributed by atoms with Gasteiger partial charge in [0.15, 0.2) is 5.69 Å². The minimum absolute atomic E-state index is 0.0762. The lowest BCUT2D eigenvalue weighted by Gasteiger charge is -2.14. The number of hydrogen-bond donors (Lipinski definition) is 4. The van der Waals surface area contributed by atoms with E-state index in [1.165, 1.54) is 30.3 Å². The number of urea groups is 1. The van der Waals surface area contributed by atoms with Crippen LogP contribution in [0.15, 0.2) is 54.7 Å². The molecule has 0 saturated heterocycles. The monoisotopic (exact) mass is 530 g/mol. The van der Waals surface area contributed by atoms with Gasteiger partial charge in [0, 0.05) is 12.2 Å². The molecule has 0 spiro atoms. The van der Waals surface area contributed by atoms with Crippen molar-refractivity contribution in [1.82, 2.24) is 9.94 Å². The summed E-state index contributed by atoms with van der Waals surface area (Å²) in [5, 5.41) is 10.6. The van der Waals surface area contributed by atoms with Gasteiger partial charge in [-0.15, -0.1) is 5.10 Å². The fourth-order valence-corrected chi connectivity index (χ4v) is 2.93. The van der Waals surface area contributed by atoms with Crippen LogP contribution in [0.3, 0.4) is 0 Å². The number of para-hydroxylation sites is 1. The summed E-state index contributed by atoms with van der Waals surface area (Å²) in [6.07, 6.45) is -9.20. The van der Waals surface area contributed by atoms with E-state index < -0.39 is 47.2 Å². The first kappa shape index (κ1) is 26.8. The van der Waals surface area contributed by atoms with E-state index in [1.807, 2.05) is 0 Å². The molecule has 3 aromatic rings. The average Bonchev–Trinajstić information content (AvgIpc) is 3.20. The molecule has 0 fully saturated rings. The van der Waals surface area contributed by atoms with Crippen molar-refractivity contribution in [3.8, 4) is 0 Å². The molecule has 0 atom stereocenters. The molecule has 0 radical (unpaired) electrons. The Kier molecular flexibility index (Phi) is 7.59. The Morgan fingerprint density at radius 1 is 0.946 bits per heavy atom. The highest BCUT2D eigenvalue weighted by molar-refractivity contribution is 6.00. The van der Waals surface area contributed by atoms with Gasteiger partial charge in [0.25, 0.3) is 5.91 Å². The van der Waals surface area contributed by atoms with Crippen molar-refractivity contribution in [1.29, 1.82) is 0 Å². The smallest absolute Gasteiger partial charge is 0.378 e. The Hall–Kier alpha value is -4.76. The van der Waals surface area contributed by atoms with Crippen LogP contribution in [0.5, 0.6) is 0 Å². The number of benzene rings is 2. The van der Waals surface area contributed by atoms with Crippen LogP contribution in [0.2, 0.25) is 0 Å². The summed E-state index contributed by atoms with van der Waals surface area (Å²) in [4.78, 5) is 38.9. The van der Waals surface area contributed by atoms with Gasteiger partial charge in [-0.3, -0.25) is 4.79 Å². The molecule has 0 unspecified atom stereocenters. The molecule has 196 valence electrons. The van der Waals surface area contributed by atoms with Crippen LogP contribution in [-0.2, 0) is 17.5 Å². The number of nitrogens with zero attached hydrogens (tertiary/aromatic N) is 2. The van der Waals surface area contributed by atoms with E-state index in [4.69, 9.17) is 5.73 Å². The van der Waals surface area contributed by atoms with Crippen molar-refractivity contribution >= 4 is 35.0 Å². The van der Waals surface area contributed by atoms with Gasteiger partial charge >= 0.3 is 24.4 Å². The second-order valence-corrected chi connectivity index (χ2v) is 7.21. The van der Waals surface area contributed by atoms with E-state index in [1.54, 1.807) is 6.07 Å². The van der Waals surface area contributed by atoms with Crippen LogP contribution in [-0.4, -0.2) is 34.0 Å². The van der Waals surface area contributed by atoms with Gasteiger partial charge in [-0.05, 0) is 29.8 Å². The number of alkyl halides is 6. The van der Waals surface area contributed by atoms with Crippen LogP contribution in [0.1, 0.15) is 21.6 Å². The number of aromatic nitrogens is 2. The number of amides is 3. The van der Waals surface area contributed by atoms with Gasteiger partial charge in [0.1, 0.15) is 0 Å². The van der Waals surface area contributed by atoms with Crippen molar-refractivity contribution < 1.29 is 45.6 Å². The zero-order valence-electron chi connectivity index (χ0n) is 18.3. The number of nitrogens with one attached hydrogen (secondary N) is 3. The Balaban J connectivity index is 1.68. The van der Waals surface area contributed by atoms with Crippen molar-refractivity contribution in [3.63, 3.8) is 0 Å². The first-order valence-corrected chi connectivity index (χ1v) is 10.00. The molecule has 3 rings (SSSR count). The van der Waals surface area contributed by atoms with E-state index in [0.717, 1.165) is 18.3 Å². The fraction of sp³-hybridized carbons (Fsp3) is 0.143. The number of hydrogen-bond acceptors (Lipinski definition) is 6. The van der Waals surface area contributed by atoms with E-state index in [2.05, 4.69) is 25.9 Å². The number of primary amides is 1. The van der Waals surface area contributed by atoms with Gasteiger partial charge in [-0.2, -0.15) is 26.3 Å². The van der Waals surface area contributed by atoms with Crippen LogP contribution in [0, 0.1) is 0 Å². The largest absolute Gasteiger partial charge is 0.493 e. The highest BCUT2D eigenvalue weighted by Crippen LogP contribution is 2.34. The summed E-state index contributed by atoms with van der Waals surface area (Å²) in [5.74, 6) is -3.71. The maximum atomic E-state index is 13.1. The molecule has 0 aliphatic heterocycles. The summed E-state index contributed by atoms with van der Waals surface area (Å²) < 4.78 is 76.5. The Morgan fingerprint density at radius 3 is 2.30 bits per heavy atom. The summed E-state index contributed by atoms with van der Waals surface area (Å²) >= 11 is 0. The fourth-order valence-electron chi connectivity index (χ4n) is 2.93. The Bertz CT molecular complexity index is 1320. The molecule has 1 aromatic heterocycles. The SMILES string of the molecule is NC(=O)c1nn(OC(=O)C(F)(F)F)cc1NCc1cccc(NC(=O)Nc2ccccc2C(F)(F)F)c1. The van der Waals surface area contributed by atoms with Crippen molar-refractivity contribution in [2.75, 3.05) is 16.0 Å². The zero-order valence-corrected chi connectivity index (χ0v) is 18.3. The van der Waals surface area contributed by atoms with Gasteiger partial charge in [0.05, 0.1) is 23.1 Å². The quantitative estimate of drug-likeness (QED) is 0.343. The van der Waals surface area contributed by atoms with Crippen LogP contribution < -0.4 is 26.5 Å². The van der Waals surface area contributed by atoms with Crippen molar-refractivity contribution in [3.05, 3.63) is 71.5 Å². The van der Waals surface area contributed by atoms with E-state index >= 15 is 0 Å². The molecule has 3 amide bonds. The summed E-state index contributed by atoms with van der Waals surface area (Å²) in [5.41, 5.74) is 3.63. The maximum Gasteiger partial charge on any atom is 0.493 e. The van der Waals surface area contributed by atoms with Crippen molar-refractivity contribution in [2.24, 2.45) is 5.73 Å². The number of carbonyl (C=O) groups excluding carboxylic acids is 3. The lowest BCUT2D eigenvalue weighted by Crippen LogP contribution is -2.33. The molecule has 0 aliphatic rings. The van der Waals surface area contributed by atoms with Crippen LogP contribution in [0.25, 0.3) is 0 Å². The molecular formula is C21H16F6N6O4. The Labute approximate surface area is 203 Å². The first-order chi connectivity index (χ1) is 17.2.